The van der Waals surface area contributed by atoms with Crippen molar-refractivity contribution < 1.29 is 8.42 Å². The number of sulfonamides is 1. The summed E-state index contributed by atoms with van der Waals surface area (Å²) in [6, 6.07) is 7.16. The standard InChI is InChI=1S/C13H20NO2S/c1-3-5-8-12-9-6-7-10-13(12)17(15,16)14-11-4-2/h6-7,9-10,14H,1,3-5,8,11H2,2H3. The van der Waals surface area contributed by atoms with Crippen LogP contribution in [0.2, 0.25) is 0 Å². The molecule has 0 aromatic heterocycles. The molecule has 0 amide bonds. The summed E-state index contributed by atoms with van der Waals surface area (Å²) in [6.07, 6.45) is 3.27. The lowest BCUT2D eigenvalue weighted by atomic mass is 10.1. The molecule has 0 bridgehead atoms. The first-order chi connectivity index (χ1) is 8.11. The summed E-state index contributed by atoms with van der Waals surface area (Å²) in [5.74, 6) is 0. The van der Waals surface area contributed by atoms with Crippen LogP contribution in [0.3, 0.4) is 0 Å². The highest BCUT2D eigenvalue weighted by molar-refractivity contribution is 7.89. The molecule has 0 aliphatic rings. The second-order valence-electron chi connectivity index (χ2n) is 3.96. The molecule has 0 spiro atoms. The predicted molar refractivity (Wildman–Crippen MR) is 70.2 cm³/mol. The van der Waals surface area contributed by atoms with Gasteiger partial charge in [-0.1, -0.05) is 38.5 Å². The van der Waals surface area contributed by atoms with Crippen LogP contribution in [-0.4, -0.2) is 15.0 Å². The molecule has 0 aliphatic heterocycles. The fraction of sp³-hybridized carbons (Fsp3) is 0.462. The van der Waals surface area contributed by atoms with Crippen LogP contribution in [0, 0.1) is 6.92 Å². The lowest BCUT2D eigenvalue weighted by Gasteiger charge is -2.10. The van der Waals surface area contributed by atoms with Crippen LogP contribution in [0.4, 0.5) is 0 Å². The van der Waals surface area contributed by atoms with E-state index in [1.807, 2.05) is 19.1 Å². The first-order valence-corrected chi connectivity index (χ1v) is 7.47. The van der Waals surface area contributed by atoms with Gasteiger partial charge >= 0.3 is 0 Å². The number of nitrogens with one attached hydrogen (secondary N) is 1. The molecule has 4 heteroatoms. The van der Waals surface area contributed by atoms with Crippen molar-refractivity contribution in [2.24, 2.45) is 0 Å². The molecule has 0 aliphatic carbocycles. The van der Waals surface area contributed by atoms with E-state index >= 15 is 0 Å². The fourth-order valence-corrected chi connectivity index (χ4v) is 3.00. The van der Waals surface area contributed by atoms with Gasteiger partial charge in [-0.15, -0.1) is 0 Å². The average molecular weight is 254 g/mol. The molecule has 17 heavy (non-hydrogen) atoms. The van der Waals surface area contributed by atoms with Crippen molar-refractivity contribution in [1.29, 1.82) is 0 Å². The first kappa shape index (κ1) is 14.2. The highest BCUT2D eigenvalue weighted by atomic mass is 32.2. The van der Waals surface area contributed by atoms with Gasteiger partial charge in [0, 0.05) is 6.54 Å². The van der Waals surface area contributed by atoms with Crippen molar-refractivity contribution in [2.75, 3.05) is 6.54 Å². The number of unbranched alkanes of at least 4 members (excludes halogenated alkanes) is 1. The maximum atomic E-state index is 12.0. The van der Waals surface area contributed by atoms with Gasteiger partial charge in [0.2, 0.25) is 10.0 Å². The molecular formula is C13H20NO2S. The SMILES string of the molecule is [CH2]CCCc1ccccc1S(=O)(=O)NCCC. The van der Waals surface area contributed by atoms with Crippen LogP contribution in [0.1, 0.15) is 31.7 Å². The van der Waals surface area contributed by atoms with Crippen molar-refractivity contribution >= 4 is 10.0 Å². The summed E-state index contributed by atoms with van der Waals surface area (Å²) < 4.78 is 26.7. The minimum Gasteiger partial charge on any atom is -0.211 e. The molecule has 0 unspecified atom stereocenters. The third-order valence-corrected chi connectivity index (χ3v) is 4.06. The van der Waals surface area contributed by atoms with E-state index < -0.39 is 10.0 Å². The summed E-state index contributed by atoms with van der Waals surface area (Å²) in [6.45, 7) is 6.20. The molecule has 1 aromatic rings. The average Bonchev–Trinajstić information content (AvgIpc) is 2.34. The molecule has 0 saturated carbocycles. The number of hydrogen-bond donors (Lipinski definition) is 1. The monoisotopic (exact) mass is 254 g/mol. The van der Waals surface area contributed by atoms with Crippen LogP contribution in [0.15, 0.2) is 29.2 Å². The van der Waals surface area contributed by atoms with Gasteiger partial charge in [-0.3, -0.25) is 0 Å². The molecule has 1 N–H and O–H groups in total. The quantitative estimate of drug-likeness (QED) is 0.812. The Kier molecular flexibility index (Phi) is 5.65. The Morgan fingerprint density at radius 2 is 2.00 bits per heavy atom. The van der Waals surface area contributed by atoms with Crippen molar-refractivity contribution in [1.82, 2.24) is 4.72 Å². The number of aryl methyl sites for hydroxylation is 1. The van der Waals surface area contributed by atoms with Crippen LogP contribution in [-0.2, 0) is 16.4 Å². The molecule has 1 radical (unpaired) electrons. The Morgan fingerprint density at radius 1 is 1.29 bits per heavy atom. The van der Waals surface area contributed by atoms with Crippen LogP contribution in [0.5, 0.6) is 0 Å². The topological polar surface area (TPSA) is 46.2 Å². The lowest BCUT2D eigenvalue weighted by Crippen LogP contribution is -2.25. The molecule has 1 rings (SSSR count). The Labute approximate surface area is 104 Å². The third kappa shape index (κ3) is 4.13. The number of hydrogen-bond acceptors (Lipinski definition) is 2. The van der Waals surface area contributed by atoms with Gasteiger partial charge in [0.25, 0.3) is 0 Å². The maximum Gasteiger partial charge on any atom is 0.240 e. The number of rotatable bonds is 7. The maximum absolute atomic E-state index is 12.0. The van der Waals surface area contributed by atoms with Crippen molar-refractivity contribution in [3.63, 3.8) is 0 Å². The zero-order chi connectivity index (χ0) is 12.7. The first-order valence-electron chi connectivity index (χ1n) is 5.98. The van der Waals surface area contributed by atoms with E-state index in [1.54, 1.807) is 12.1 Å². The predicted octanol–water partition coefficient (Wildman–Crippen LogP) is 2.53. The Bertz CT molecular complexity index is 440. The van der Waals surface area contributed by atoms with Crippen molar-refractivity contribution in [2.45, 2.75) is 37.5 Å². The summed E-state index contributed by atoms with van der Waals surface area (Å²) in [5, 5.41) is 0. The summed E-state index contributed by atoms with van der Waals surface area (Å²) in [5.41, 5.74) is 0.875. The van der Waals surface area contributed by atoms with E-state index in [4.69, 9.17) is 0 Å². The summed E-state index contributed by atoms with van der Waals surface area (Å²) in [4.78, 5) is 0.405. The molecule has 0 atom stereocenters. The second kappa shape index (κ2) is 6.77. The highest BCUT2D eigenvalue weighted by Crippen LogP contribution is 2.17. The molecule has 0 fully saturated rings. The van der Waals surface area contributed by atoms with Gasteiger partial charge in [-0.2, -0.15) is 0 Å². The molecular weight excluding hydrogens is 234 g/mol. The van der Waals surface area contributed by atoms with Crippen LogP contribution in [0.25, 0.3) is 0 Å². The van der Waals surface area contributed by atoms with Crippen LogP contribution < -0.4 is 4.72 Å². The minimum absolute atomic E-state index is 0.405. The van der Waals surface area contributed by atoms with Gasteiger partial charge < -0.3 is 0 Å². The van der Waals surface area contributed by atoms with Gasteiger partial charge in [0.15, 0.2) is 0 Å². The molecule has 0 saturated heterocycles. The minimum atomic E-state index is -3.35. The summed E-state index contributed by atoms with van der Waals surface area (Å²) >= 11 is 0. The van der Waals surface area contributed by atoms with Crippen molar-refractivity contribution in [3.8, 4) is 0 Å². The molecule has 1 aromatic carbocycles. The van der Waals surface area contributed by atoms with E-state index in [2.05, 4.69) is 11.6 Å². The molecule has 95 valence electrons. The largest absolute Gasteiger partial charge is 0.240 e. The normalized spacial score (nSPS) is 11.6. The van der Waals surface area contributed by atoms with Gasteiger partial charge in [-0.25, -0.2) is 13.1 Å². The van der Waals surface area contributed by atoms with E-state index in [1.165, 1.54) is 0 Å². The highest BCUT2D eigenvalue weighted by Gasteiger charge is 2.16. The zero-order valence-corrected chi connectivity index (χ0v) is 11.1. The third-order valence-electron chi connectivity index (χ3n) is 2.50. The van der Waals surface area contributed by atoms with E-state index in [0.29, 0.717) is 11.4 Å². The Morgan fingerprint density at radius 3 is 2.65 bits per heavy atom. The van der Waals surface area contributed by atoms with Gasteiger partial charge in [0.05, 0.1) is 4.90 Å². The van der Waals surface area contributed by atoms with Gasteiger partial charge in [0.1, 0.15) is 0 Å². The van der Waals surface area contributed by atoms with Crippen molar-refractivity contribution in [3.05, 3.63) is 36.8 Å². The van der Waals surface area contributed by atoms with E-state index in [0.717, 1.165) is 31.2 Å². The fourth-order valence-electron chi connectivity index (χ4n) is 1.60. The number of benzene rings is 1. The van der Waals surface area contributed by atoms with Crippen LogP contribution >= 0.6 is 0 Å². The Balaban J connectivity index is 2.95. The van der Waals surface area contributed by atoms with Gasteiger partial charge in [-0.05, 0) is 30.9 Å². The Hall–Kier alpha value is -0.870. The zero-order valence-electron chi connectivity index (χ0n) is 10.3. The van der Waals surface area contributed by atoms with E-state index in [-0.39, 0.29) is 0 Å². The molecule has 3 nitrogen and oxygen atoms in total. The lowest BCUT2D eigenvalue weighted by molar-refractivity contribution is 0.579. The summed E-state index contributed by atoms with van der Waals surface area (Å²) in [7, 11) is -3.35. The smallest absolute Gasteiger partial charge is 0.211 e. The second-order valence-corrected chi connectivity index (χ2v) is 5.70. The molecule has 0 heterocycles. The van der Waals surface area contributed by atoms with E-state index in [9.17, 15) is 8.42 Å².